The summed E-state index contributed by atoms with van der Waals surface area (Å²) in [4.78, 5) is 11.1. The molecule has 1 aromatic rings. The number of anilines is 1. The molecule has 0 spiro atoms. The molecule has 1 aromatic carbocycles. The van der Waals surface area contributed by atoms with E-state index in [1.54, 1.807) is 13.2 Å². The number of carboxylic acids is 1. The molecular formula is C12H16BrNO3. The Balaban J connectivity index is 2.87. The molecule has 0 saturated carbocycles. The highest BCUT2D eigenvalue weighted by atomic mass is 79.9. The van der Waals surface area contributed by atoms with Crippen molar-refractivity contribution in [3.8, 4) is 5.75 Å². The lowest BCUT2D eigenvalue weighted by molar-refractivity contribution is -0.138. The molecule has 2 N–H and O–H groups in total. The topological polar surface area (TPSA) is 58.6 Å². The highest BCUT2D eigenvalue weighted by molar-refractivity contribution is 9.10. The molecule has 17 heavy (non-hydrogen) atoms. The van der Waals surface area contributed by atoms with Gasteiger partial charge in [-0.05, 0) is 34.5 Å². The van der Waals surface area contributed by atoms with Gasteiger partial charge in [-0.3, -0.25) is 0 Å². The summed E-state index contributed by atoms with van der Waals surface area (Å²) in [5, 5.41) is 12.1. The molecule has 0 aliphatic carbocycles. The summed E-state index contributed by atoms with van der Waals surface area (Å²) < 4.78 is 5.92. The van der Waals surface area contributed by atoms with Crippen LogP contribution in [0.5, 0.6) is 5.75 Å². The van der Waals surface area contributed by atoms with Crippen LogP contribution in [0.1, 0.15) is 19.8 Å². The second-order valence-electron chi connectivity index (χ2n) is 3.67. The Morgan fingerprint density at radius 2 is 2.29 bits per heavy atom. The number of halogens is 1. The first kappa shape index (κ1) is 13.8. The van der Waals surface area contributed by atoms with E-state index in [1.165, 1.54) is 0 Å². The number of aliphatic carboxylic acids is 1. The molecule has 0 aliphatic rings. The van der Waals surface area contributed by atoms with Crippen LogP contribution in [0.4, 0.5) is 5.69 Å². The molecule has 4 nitrogen and oxygen atoms in total. The summed E-state index contributed by atoms with van der Waals surface area (Å²) in [7, 11) is 1.58. The zero-order valence-corrected chi connectivity index (χ0v) is 11.5. The number of hydrogen-bond acceptors (Lipinski definition) is 3. The van der Waals surface area contributed by atoms with Crippen LogP contribution in [0, 0.1) is 0 Å². The lowest BCUT2D eigenvalue weighted by Crippen LogP contribution is -2.29. The van der Waals surface area contributed by atoms with Gasteiger partial charge >= 0.3 is 5.97 Å². The molecule has 94 valence electrons. The van der Waals surface area contributed by atoms with Crippen LogP contribution in [-0.4, -0.2) is 24.2 Å². The molecule has 0 fully saturated rings. The number of methoxy groups -OCH3 is 1. The number of rotatable bonds is 6. The first-order valence-corrected chi connectivity index (χ1v) is 6.20. The molecule has 1 unspecified atom stereocenters. The molecule has 0 aromatic heterocycles. The van der Waals surface area contributed by atoms with Crippen LogP contribution in [0.3, 0.4) is 0 Å². The first-order chi connectivity index (χ1) is 8.08. The van der Waals surface area contributed by atoms with E-state index >= 15 is 0 Å². The molecule has 0 heterocycles. The van der Waals surface area contributed by atoms with Crippen molar-refractivity contribution in [1.29, 1.82) is 0 Å². The van der Waals surface area contributed by atoms with Gasteiger partial charge in [0.1, 0.15) is 11.8 Å². The summed E-state index contributed by atoms with van der Waals surface area (Å²) in [6.07, 6.45) is 1.39. The van der Waals surface area contributed by atoms with Crippen molar-refractivity contribution < 1.29 is 14.6 Å². The number of ether oxygens (including phenoxy) is 1. The van der Waals surface area contributed by atoms with Crippen LogP contribution >= 0.6 is 15.9 Å². The monoisotopic (exact) mass is 301 g/mol. The zero-order valence-electron chi connectivity index (χ0n) is 9.87. The summed E-state index contributed by atoms with van der Waals surface area (Å²) >= 11 is 3.38. The number of benzene rings is 1. The Morgan fingerprint density at radius 3 is 2.82 bits per heavy atom. The predicted molar refractivity (Wildman–Crippen MR) is 70.6 cm³/mol. The maximum Gasteiger partial charge on any atom is 0.326 e. The second-order valence-corrected chi connectivity index (χ2v) is 4.52. The Bertz CT molecular complexity index is 395. The smallest absolute Gasteiger partial charge is 0.326 e. The largest absolute Gasteiger partial charge is 0.497 e. The molecule has 0 saturated heterocycles. The Hall–Kier alpha value is -1.23. The Labute approximate surface area is 109 Å². The maximum absolute atomic E-state index is 11.1. The van der Waals surface area contributed by atoms with Crippen LogP contribution < -0.4 is 10.1 Å². The van der Waals surface area contributed by atoms with E-state index in [4.69, 9.17) is 9.84 Å². The molecule has 0 radical (unpaired) electrons. The normalized spacial score (nSPS) is 11.9. The SMILES string of the molecule is CCCC(Nc1cc(OC)ccc1Br)C(=O)O. The molecule has 0 amide bonds. The third kappa shape index (κ3) is 3.93. The highest BCUT2D eigenvalue weighted by Crippen LogP contribution is 2.28. The second kappa shape index (κ2) is 6.49. The highest BCUT2D eigenvalue weighted by Gasteiger charge is 2.17. The predicted octanol–water partition coefficient (Wildman–Crippen LogP) is 3.12. The molecular weight excluding hydrogens is 286 g/mol. The fourth-order valence-corrected chi connectivity index (χ4v) is 1.84. The van der Waals surface area contributed by atoms with Crippen molar-refractivity contribution in [2.45, 2.75) is 25.8 Å². The van der Waals surface area contributed by atoms with E-state index in [2.05, 4.69) is 21.2 Å². The van der Waals surface area contributed by atoms with Crippen LogP contribution in [0.15, 0.2) is 22.7 Å². The third-order valence-corrected chi connectivity index (χ3v) is 3.07. The van der Waals surface area contributed by atoms with E-state index in [9.17, 15) is 4.79 Å². The van der Waals surface area contributed by atoms with Gasteiger partial charge in [0.2, 0.25) is 0 Å². The van der Waals surface area contributed by atoms with Crippen molar-refractivity contribution >= 4 is 27.6 Å². The Morgan fingerprint density at radius 1 is 1.59 bits per heavy atom. The molecule has 0 bridgehead atoms. The average molecular weight is 302 g/mol. The minimum Gasteiger partial charge on any atom is -0.497 e. The van der Waals surface area contributed by atoms with E-state index < -0.39 is 12.0 Å². The van der Waals surface area contributed by atoms with Gasteiger partial charge in [0.25, 0.3) is 0 Å². The minimum absolute atomic E-state index is 0.580. The van der Waals surface area contributed by atoms with E-state index in [-0.39, 0.29) is 0 Å². The quantitative estimate of drug-likeness (QED) is 0.847. The lowest BCUT2D eigenvalue weighted by Gasteiger charge is -2.16. The van der Waals surface area contributed by atoms with Gasteiger partial charge in [0.15, 0.2) is 0 Å². The molecule has 1 rings (SSSR count). The van der Waals surface area contributed by atoms with Gasteiger partial charge in [-0.25, -0.2) is 4.79 Å². The van der Waals surface area contributed by atoms with Crippen molar-refractivity contribution in [2.24, 2.45) is 0 Å². The molecule has 5 heteroatoms. The summed E-state index contributed by atoms with van der Waals surface area (Å²) in [5.41, 5.74) is 0.727. The fraction of sp³-hybridized carbons (Fsp3) is 0.417. The lowest BCUT2D eigenvalue weighted by atomic mass is 10.1. The first-order valence-electron chi connectivity index (χ1n) is 5.41. The summed E-state index contributed by atoms with van der Waals surface area (Å²) in [6, 6.07) is 4.83. The number of carbonyl (C=O) groups is 1. The zero-order chi connectivity index (χ0) is 12.8. The van der Waals surface area contributed by atoms with Crippen LogP contribution in [0.25, 0.3) is 0 Å². The van der Waals surface area contributed by atoms with Gasteiger partial charge in [0.05, 0.1) is 12.8 Å². The van der Waals surface area contributed by atoms with Crippen LogP contribution in [-0.2, 0) is 4.79 Å². The fourth-order valence-electron chi connectivity index (χ4n) is 1.48. The summed E-state index contributed by atoms with van der Waals surface area (Å²) in [5.74, 6) is -0.155. The van der Waals surface area contributed by atoms with Crippen LogP contribution in [0.2, 0.25) is 0 Å². The minimum atomic E-state index is -0.846. The van der Waals surface area contributed by atoms with Crippen molar-refractivity contribution in [3.05, 3.63) is 22.7 Å². The Kier molecular flexibility index (Phi) is 5.28. The van der Waals surface area contributed by atoms with Crippen molar-refractivity contribution in [2.75, 3.05) is 12.4 Å². The summed E-state index contributed by atoms with van der Waals surface area (Å²) in [6.45, 7) is 1.96. The number of hydrogen-bond donors (Lipinski definition) is 2. The third-order valence-electron chi connectivity index (χ3n) is 2.38. The average Bonchev–Trinajstić information content (AvgIpc) is 2.31. The molecule has 0 aliphatic heterocycles. The standard InChI is InChI=1S/C12H16BrNO3/c1-3-4-10(12(15)16)14-11-7-8(17-2)5-6-9(11)13/h5-7,10,14H,3-4H2,1-2H3,(H,15,16). The van der Waals surface area contributed by atoms with Gasteiger partial charge in [-0.15, -0.1) is 0 Å². The maximum atomic E-state index is 11.1. The molecule has 1 atom stereocenters. The van der Waals surface area contributed by atoms with Gasteiger partial charge < -0.3 is 15.2 Å². The van der Waals surface area contributed by atoms with Gasteiger partial charge in [0, 0.05) is 10.5 Å². The van der Waals surface area contributed by atoms with Crippen molar-refractivity contribution in [3.63, 3.8) is 0 Å². The van der Waals surface area contributed by atoms with Crippen molar-refractivity contribution in [1.82, 2.24) is 0 Å². The van der Waals surface area contributed by atoms with E-state index in [1.807, 2.05) is 19.1 Å². The number of nitrogens with one attached hydrogen (secondary N) is 1. The van der Waals surface area contributed by atoms with Gasteiger partial charge in [-0.2, -0.15) is 0 Å². The van der Waals surface area contributed by atoms with E-state index in [0.29, 0.717) is 12.2 Å². The number of carboxylic acid groups (broad SMARTS) is 1. The van der Waals surface area contributed by atoms with E-state index in [0.717, 1.165) is 16.6 Å². The van der Waals surface area contributed by atoms with Gasteiger partial charge in [-0.1, -0.05) is 13.3 Å².